The van der Waals surface area contributed by atoms with E-state index in [2.05, 4.69) is 29.3 Å². The molecule has 0 bridgehead atoms. The van der Waals surface area contributed by atoms with Crippen LogP contribution < -0.4 is 0 Å². The van der Waals surface area contributed by atoms with Crippen LogP contribution in [-0.2, 0) is 16.0 Å². The number of nitrogens with zero attached hydrogens (tertiary/aromatic N) is 2. The van der Waals surface area contributed by atoms with Crippen LogP contribution in [0.1, 0.15) is 31.2 Å². The molecule has 5 heteroatoms. The SMILES string of the molecule is CN1CC=CC[C@]2(CCCN(C(=O)CCc3c[nH]c4ccccc34)C2)C1=O. The van der Waals surface area contributed by atoms with Gasteiger partial charge in [-0.25, -0.2) is 0 Å². The van der Waals surface area contributed by atoms with E-state index < -0.39 is 5.41 Å². The molecule has 1 spiro atoms. The highest BCUT2D eigenvalue weighted by Gasteiger charge is 2.44. The summed E-state index contributed by atoms with van der Waals surface area (Å²) in [6.07, 6.45) is 9.88. The lowest BCUT2D eigenvalue weighted by Gasteiger charge is -2.42. The van der Waals surface area contributed by atoms with E-state index in [9.17, 15) is 9.59 Å². The maximum Gasteiger partial charge on any atom is 0.230 e. The van der Waals surface area contributed by atoms with Crippen molar-refractivity contribution in [3.05, 3.63) is 48.2 Å². The summed E-state index contributed by atoms with van der Waals surface area (Å²) >= 11 is 0. The molecule has 0 saturated carbocycles. The third-order valence-corrected chi connectivity index (χ3v) is 6.07. The molecule has 1 atom stereocenters. The molecule has 1 aromatic heterocycles. The number of piperidine rings is 1. The summed E-state index contributed by atoms with van der Waals surface area (Å²) < 4.78 is 0. The van der Waals surface area contributed by atoms with Gasteiger partial charge in [0.05, 0.1) is 5.41 Å². The highest BCUT2D eigenvalue weighted by molar-refractivity contribution is 5.86. The first-order valence-electron chi connectivity index (χ1n) is 9.82. The molecule has 2 aromatic rings. The first-order chi connectivity index (χ1) is 13.1. The first kappa shape index (κ1) is 17.8. The number of H-pyrrole nitrogens is 1. The molecule has 2 aliphatic rings. The lowest BCUT2D eigenvalue weighted by molar-refractivity contribution is -0.147. The fraction of sp³-hybridized carbons (Fsp3) is 0.455. The Morgan fingerprint density at radius 2 is 2.11 bits per heavy atom. The van der Waals surface area contributed by atoms with Gasteiger partial charge in [0.25, 0.3) is 0 Å². The Labute approximate surface area is 160 Å². The minimum absolute atomic E-state index is 0.156. The van der Waals surface area contributed by atoms with E-state index in [0.29, 0.717) is 19.5 Å². The highest BCUT2D eigenvalue weighted by atomic mass is 16.2. The van der Waals surface area contributed by atoms with Gasteiger partial charge in [0, 0.05) is 50.2 Å². The zero-order valence-corrected chi connectivity index (χ0v) is 15.9. The van der Waals surface area contributed by atoms with Gasteiger partial charge >= 0.3 is 0 Å². The van der Waals surface area contributed by atoms with Crippen LogP contribution in [0, 0.1) is 5.41 Å². The fourth-order valence-electron chi connectivity index (χ4n) is 4.54. The molecule has 0 aliphatic carbocycles. The van der Waals surface area contributed by atoms with E-state index >= 15 is 0 Å². The molecule has 5 nitrogen and oxygen atoms in total. The lowest BCUT2D eigenvalue weighted by atomic mass is 9.76. The van der Waals surface area contributed by atoms with Gasteiger partial charge in [-0.1, -0.05) is 30.4 Å². The summed E-state index contributed by atoms with van der Waals surface area (Å²) in [6, 6.07) is 8.18. The average Bonchev–Trinajstić information content (AvgIpc) is 3.06. The van der Waals surface area contributed by atoms with Crippen LogP contribution in [0.2, 0.25) is 0 Å². The molecule has 1 fully saturated rings. The van der Waals surface area contributed by atoms with E-state index in [0.717, 1.165) is 37.7 Å². The number of nitrogens with one attached hydrogen (secondary N) is 1. The van der Waals surface area contributed by atoms with Crippen LogP contribution >= 0.6 is 0 Å². The average molecular weight is 365 g/mol. The van der Waals surface area contributed by atoms with E-state index in [1.54, 1.807) is 4.90 Å². The summed E-state index contributed by atoms with van der Waals surface area (Å²) in [5, 5.41) is 1.19. The number of carbonyl (C=O) groups excluding carboxylic acids is 2. The number of hydrogen-bond donors (Lipinski definition) is 1. The zero-order valence-electron chi connectivity index (χ0n) is 15.9. The van der Waals surface area contributed by atoms with Crippen molar-refractivity contribution in [1.29, 1.82) is 0 Å². The normalized spacial score (nSPS) is 23.2. The maximum atomic E-state index is 12.9. The van der Waals surface area contributed by atoms with Crippen molar-refractivity contribution < 1.29 is 9.59 Å². The van der Waals surface area contributed by atoms with Crippen LogP contribution in [0.25, 0.3) is 10.9 Å². The number of carbonyl (C=O) groups is 2. The zero-order chi connectivity index (χ0) is 18.9. The van der Waals surface area contributed by atoms with Crippen molar-refractivity contribution in [1.82, 2.24) is 14.8 Å². The van der Waals surface area contributed by atoms with Gasteiger partial charge < -0.3 is 14.8 Å². The summed E-state index contributed by atoms with van der Waals surface area (Å²) in [6.45, 7) is 1.97. The maximum absolute atomic E-state index is 12.9. The van der Waals surface area contributed by atoms with Crippen LogP contribution in [0.3, 0.4) is 0 Å². The van der Waals surface area contributed by atoms with Gasteiger partial charge in [-0.2, -0.15) is 0 Å². The molecule has 142 valence electrons. The topological polar surface area (TPSA) is 56.4 Å². The highest BCUT2D eigenvalue weighted by Crippen LogP contribution is 2.37. The molecule has 1 N–H and O–H groups in total. The Balaban J connectivity index is 1.44. The number of likely N-dealkylation sites (N-methyl/N-ethyl adjacent to an activating group) is 1. The van der Waals surface area contributed by atoms with Gasteiger partial charge in [-0.3, -0.25) is 9.59 Å². The van der Waals surface area contributed by atoms with E-state index in [1.807, 2.05) is 30.3 Å². The Bertz CT molecular complexity index is 885. The molecule has 1 aromatic carbocycles. The fourth-order valence-corrected chi connectivity index (χ4v) is 4.54. The second-order valence-corrected chi connectivity index (χ2v) is 7.92. The number of aryl methyl sites for hydroxylation is 1. The largest absolute Gasteiger partial charge is 0.361 e. The summed E-state index contributed by atoms with van der Waals surface area (Å²) in [5.41, 5.74) is 1.85. The molecule has 0 radical (unpaired) electrons. The number of likely N-dealkylation sites (tertiary alicyclic amines) is 1. The van der Waals surface area contributed by atoms with Gasteiger partial charge in [0.1, 0.15) is 0 Å². The molecular formula is C22H27N3O2. The number of allylic oxidation sites excluding steroid dienone is 1. The van der Waals surface area contributed by atoms with Gasteiger partial charge in [0.2, 0.25) is 11.8 Å². The monoisotopic (exact) mass is 365 g/mol. The molecule has 0 unspecified atom stereocenters. The molecule has 2 aliphatic heterocycles. The van der Waals surface area contributed by atoms with Gasteiger partial charge in [0.15, 0.2) is 0 Å². The third kappa shape index (κ3) is 3.38. The molecular weight excluding hydrogens is 338 g/mol. The van der Waals surface area contributed by atoms with Crippen LogP contribution in [0.15, 0.2) is 42.6 Å². The minimum Gasteiger partial charge on any atom is -0.361 e. The lowest BCUT2D eigenvalue weighted by Crippen LogP contribution is -2.53. The predicted octanol–water partition coefficient (Wildman–Crippen LogP) is 3.13. The first-order valence-corrected chi connectivity index (χ1v) is 9.82. The third-order valence-electron chi connectivity index (χ3n) is 6.07. The molecule has 1 saturated heterocycles. The van der Waals surface area contributed by atoms with Crippen LogP contribution in [-0.4, -0.2) is 53.3 Å². The minimum atomic E-state index is -0.434. The van der Waals surface area contributed by atoms with Crippen LogP contribution in [0.4, 0.5) is 0 Å². The Morgan fingerprint density at radius 3 is 3.00 bits per heavy atom. The Kier molecular flexibility index (Phi) is 4.77. The Morgan fingerprint density at radius 1 is 1.26 bits per heavy atom. The van der Waals surface area contributed by atoms with Gasteiger partial charge in [-0.05, 0) is 37.3 Å². The van der Waals surface area contributed by atoms with Crippen LogP contribution in [0.5, 0.6) is 0 Å². The number of amides is 2. The van der Waals surface area contributed by atoms with Crippen molar-refractivity contribution >= 4 is 22.7 Å². The van der Waals surface area contributed by atoms with E-state index in [-0.39, 0.29) is 11.8 Å². The van der Waals surface area contributed by atoms with E-state index in [4.69, 9.17) is 0 Å². The van der Waals surface area contributed by atoms with Crippen molar-refractivity contribution in [2.45, 2.75) is 32.1 Å². The molecule has 3 heterocycles. The van der Waals surface area contributed by atoms with Crippen molar-refractivity contribution in [2.24, 2.45) is 5.41 Å². The summed E-state index contributed by atoms with van der Waals surface area (Å²) in [4.78, 5) is 32.8. The number of para-hydroxylation sites is 1. The number of rotatable bonds is 3. The summed E-state index contributed by atoms with van der Waals surface area (Å²) in [7, 11) is 1.86. The Hall–Kier alpha value is -2.56. The number of fused-ring (bicyclic) bond motifs is 1. The van der Waals surface area contributed by atoms with Crippen molar-refractivity contribution in [3.63, 3.8) is 0 Å². The predicted molar refractivity (Wildman–Crippen MR) is 106 cm³/mol. The second-order valence-electron chi connectivity index (χ2n) is 7.92. The summed E-state index contributed by atoms with van der Waals surface area (Å²) in [5.74, 6) is 0.338. The number of aromatic nitrogens is 1. The second kappa shape index (κ2) is 7.22. The van der Waals surface area contributed by atoms with Crippen molar-refractivity contribution in [2.75, 3.05) is 26.7 Å². The van der Waals surface area contributed by atoms with Gasteiger partial charge in [-0.15, -0.1) is 0 Å². The number of hydrogen-bond acceptors (Lipinski definition) is 2. The van der Waals surface area contributed by atoms with E-state index in [1.165, 1.54) is 10.9 Å². The molecule has 4 rings (SSSR count). The molecule has 27 heavy (non-hydrogen) atoms. The number of benzene rings is 1. The molecule has 2 amide bonds. The van der Waals surface area contributed by atoms with Crippen molar-refractivity contribution in [3.8, 4) is 0 Å². The smallest absolute Gasteiger partial charge is 0.230 e. The number of aromatic amines is 1. The quantitative estimate of drug-likeness (QED) is 0.850. The standard InChI is InChI=1S/C22H27N3O2/c1-24-13-5-4-11-22(21(24)27)12-6-14-25(16-22)20(26)10-9-17-15-23-19-8-3-2-7-18(17)19/h2-5,7-8,15,23H,6,9-14,16H2,1H3/t22-/m1/s1.